The molecule has 226 valence electrons. The minimum absolute atomic E-state index is 0.111. The van der Waals surface area contributed by atoms with Crippen LogP contribution in [0, 0.1) is 5.92 Å². The number of hydrogen-bond acceptors (Lipinski definition) is 5. The van der Waals surface area contributed by atoms with E-state index in [-0.39, 0.29) is 28.3 Å². The molecular formula is C29H26F6N6O2. The highest BCUT2D eigenvalue weighted by molar-refractivity contribution is 6.00. The molecule has 1 aliphatic rings. The van der Waals surface area contributed by atoms with Crippen molar-refractivity contribution < 1.29 is 35.9 Å². The summed E-state index contributed by atoms with van der Waals surface area (Å²) in [5.41, 5.74) is 6.68. The van der Waals surface area contributed by atoms with Gasteiger partial charge in [-0.3, -0.25) is 14.3 Å². The van der Waals surface area contributed by atoms with Crippen molar-refractivity contribution >= 4 is 22.7 Å². The summed E-state index contributed by atoms with van der Waals surface area (Å²) in [6.45, 7) is 2.33. The third kappa shape index (κ3) is 6.32. The summed E-state index contributed by atoms with van der Waals surface area (Å²) in [5, 5.41) is 4.66. The van der Waals surface area contributed by atoms with Crippen LogP contribution in [0.3, 0.4) is 0 Å². The topological polar surface area (TPSA) is 107 Å². The molecular weight excluding hydrogens is 578 g/mol. The summed E-state index contributed by atoms with van der Waals surface area (Å²) >= 11 is 0. The molecule has 0 bridgehead atoms. The Bertz CT molecular complexity index is 1640. The zero-order valence-corrected chi connectivity index (χ0v) is 22.8. The molecule has 14 heteroatoms. The molecule has 8 nitrogen and oxygen atoms in total. The predicted molar refractivity (Wildman–Crippen MR) is 144 cm³/mol. The Hall–Kier alpha value is -4.49. The lowest BCUT2D eigenvalue weighted by Crippen LogP contribution is -2.39. The van der Waals surface area contributed by atoms with Gasteiger partial charge >= 0.3 is 12.4 Å². The smallest absolute Gasteiger partial charge is 0.366 e. The predicted octanol–water partition coefficient (Wildman–Crippen LogP) is 5.83. The number of nitrogens with zero attached hydrogens (tertiary/aromatic N) is 5. The number of fused-ring (bicyclic) bond motifs is 1. The van der Waals surface area contributed by atoms with Gasteiger partial charge < -0.3 is 10.6 Å². The Morgan fingerprint density at radius 3 is 2.14 bits per heavy atom. The van der Waals surface area contributed by atoms with Crippen LogP contribution in [0.4, 0.5) is 26.3 Å². The van der Waals surface area contributed by atoms with Crippen LogP contribution < -0.4 is 5.73 Å². The van der Waals surface area contributed by atoms with E-state index >= 15 is 0 Å². The number of amides is 2. The van der Waals surface area contributed by atoms with E-state index in [0.29, 0.717) is 54.7 Å². The second kappa shape index (κ2) is 11.3. The van der Waals surface area contributed by atoms with E-state index in [1.54, 1.807) is 33.8 Å². The van der Waals surface area contributed by atoms with Gasteiger partial charge in [-0.05, 0) is 61.1 Å². The lowest BCUT2D eigenvalue weighted by molar-refractivity contribution is -0.146. The van der Waals surface area contributed by atoms with E-state index in [2.05, 4.69) is 15.1 Å². The molecule has 0 saturated carbocycles. The van der Waals surface area contributed by atoms with E-state index in [1.807, 2.05) is 0 Å². The first-order chi connectivity index (χ1) is 20.2. The van der Waals surface area contributed by atoms with Gasteiger partial charge in [-0.15, -0.1) is 0 Å². The van der Waals surface area contributed by atoms with Gasteiger partial charge in [0.05, 0.1) is 11.4 Å². The van der Waals surface area contributed by atoms with Crippen molar-refractivity contribution in [2.24, 2.45) is 11.7 Å². The van der Waals surface area contributed by atoms with Crippen molar-refractivity contribution in [3.05, 3.63) is 77.5 Å². The molecule has 0 radical (unpaired) electrons. The van der Waals surface area contributed by atoms with Gasteiger partial charge in [0, 0.05) is 60.3 Å². The molecule has 4 aromatic rings. The Balaban J connectivity index is 1.23. The van der Waals surface area contributed by atoms with E-state index in [4.69, 9.17) is 5.73 Å². The summed E-state index contributed by atoms with van der Waals surface area (Å²) in [4.78, 5) is 33.4. The number of alkyl halides is 6. The van der Waals surface area contributed by atoms with Crippen LogP contribution in [0.2, 0.25) is 0 Å². The molecule has 1 aliphatic heterocycles. The highest BCUT2D eigenvalue weighted by Crippen LogP contribution is 2.39. The number of benzene rings is 2. The van der Waals surface area contributed by atoms with Crippen LogP contribution in [0.1, 0.15) is 57.8 Å². The van der Waals surface area contributed by atoms with Crippen LogP contribution in [-0.2, 0) is 12.7 Å². The molecule has 2 aromatic carbocycles. The van der Waals surface area contributed by atoms with Crippen LogP contribution >= 0.6 is 0 Å². The number of hydrogen-bond donors (Lipinski definition) is 1. The Morgan fingerprint density at radius 1 is 0.953 bits per heavy atom. The number of halogens is 6. The number of piperidine rings is 1. The van der Waals surface area contributed by atoms with Crippen LogP contribution in [0.5, 0.6) is 0 Å². The van der Waals surface area contributed by atoms with Gasteiger partial charge in [0.2, 0.25) is 11.7 Å². The SMILES string of the molecule is CC(c1c(C(N)=O)ccc2nn(CC3CCN(C(=O)c4ccc(-c5cnc(C(F)(F)F)nc5)cc4)CC3)cc12)C(F)(F)F. The van der Waals surface area contributed by atoms with Gasteiger partial charge in [0.1, 0.15) is 0 Å². The summed E-state index contributed by atoms with van der Waals surface area (Å²) in [6.07, 6.45) is -4.26. The zero-order valence-electron chi connectivity index (χ0n) is 22.8. The van der Waals surface area contributed by atoms with Crippen LogP contribution in [0.25, 0.3) is 22.0 Å². The quantitative estimate of drug-likeness (QED) is 0.279. The van der Waals surface area contributed by atoms with Crippen molar-refractivity contribution in [2.45, 2.75) is 44.6 Å². The fourth-order valence-corrected chi connectivity index (χ4v) is 5.30. The number of carbonyl (C=O) groups excluding carboxylic acids is 2. The molecule has 1 atom stereocenters. The molecule has 2 N–H and O–H groups in total. The zero-order chi connectivity index (χ0) is 31.1. The summed E-state index contributed by atoms with van der Waals surface area (Å²) in [6, 6.07) is 9.17. The second-order valence-electron chi connectivity index (χ2n) is 10.5. The van der Waals surface area contributed by atoms with Crippen molar-refractivity contribution in [3.8, 4) is 11.1 Å². The maximum atomic E-state index is 13.6. The Labute approximate surface area is 241 Å². The Kier molecular flexibility index (Phi) is 7.88. The monoisotopic (exact) mass is 604 g/mol. The number of rotatable bonds is 6. The van der Waals surface area contributed by atoms with E-state index in [0.717, 1.165) is 19.3 Å². The van der Waals surface area contributed by atoms with Gasteiger partial charge in [0.25, 0.3) is 5.91 Å². The molecule has 2 aromatic heterocycles. The van der Waals surface area contributed by atoms with Crippen molar-refractivity contribution in [1.29, 1.82) is 0 Å². The fourth-order valence-electron chi connectivity index (χ4n) is 5.30. The molecule has 1 saturated heterocycles. The number of aromatic nitrogens is 4. The summed E-state index contributed by atoms with van der Waals surface area (Å²) in [7, 11) is 0. The van der Waals surface area contributed by atoms with Crippen molar-refractivity contribution in [3.63, 3.8) is 0 Å². The first-order valence-electron chi connectivity index (χ1n) is 13.4. The number of nitrogens with two attached hydrogens (primary N) is 1. The molecule has 1 unspecified atom stereocenters. The lowest BCUT2D eigenvalue weighted by Gasteiger charge is -2.32. The highest BCUT2D eigenvalue weighted by Gasteiger charge is 2.40. The molecule has 1 fully saturated rings. The standard InChI is InChI=1S/C29H26F6N6O2/c1-16(28(30,31)32)24-21(25(36)42)6-7-23-22(24)15-41(39-23)14-17-8-10-40(11-9-17)26(43)19-4-2-18(3-5-19)20-12-37-27(38-13-20)29(33,34)35/h2-7,12-13,15-17H,8-11,14H2,1H3,(H2,36,42). The van der Waals surface area contributed by atoms with E-state index in [1.165, 1.54) is 18.3 Å². The minimum atomic E-state index is -4.64. The van der Waals surface area contributed by atoms with Gasteiger partial charge in [-0.25, -0.2) is 9.97 Å². The maximum Gasteiger partial charge on any atom is 0.451 e. The number of carbonyl (C=O) groups is 2. The minimum Gasteiger partial charge on any atom is -0.366 e. The number of primary amides is 1. The first-order valence-corrected chi connectivity index (χ1v) is 13.4. The molecule has 0 spiro atoms. The molecule has 3 heterocycles. The molecule has 43 heavy (non-hydrogen) atoms. The van der Waals surface area contributed by atoms with Crippen molar-refractivity contribution in [1.82, 2.24) is 24.6 Å². The largest absolute Gasteiger partial charge is 0.451 e. The lowest BCUT2D eigenvalue weighted by atomic mass is 9.91. The van der Waals surface area contributed by atoms with Gasteiger partial charge in [0.15, 0.2) is 0 Å². The maximum absolute atomic E-state index is 13.6. The summed E-state index contributed by atoms with van der Waals surface area (Å²) in [5.74, 6) is -4.17. The molecule has 2 amide bonds. The first kappa shape index (κ1) is 30.0. The highest BCUT2D eigenvalue weighted by atomic mass is 19.4. The summed E-state index contributed by atoms with van der Waals surface area (Å²) < 4.78 is 80.5. The Morgan fingerprint density at radius 2 is 1.58 bits per heavy atom. The van der Waals surface area contributed by atoms with Crippen molar-refractivity contribution in [2.75, 3.05) is 13.1 Å². The normalized spacial score (nSPS) is 15.6. The third-order valence-corrected chi connectivity index (χ3v) is 7.69. The van der Waals surface area contributed by atoms with E-state index in [9.17, 15) is 35.9 Å². The third-order valence-electron chi connectivity index (χ3n) is 7.69. The van der Waals surface area contributed by atoms with Gasteiger partial charge in [-0.2, -0.15) is 31.4 Å². The average molecular weight is 605 g/mol. The molecule has 0 aliphatic carbocycles. The van der Waals surface area contributed by atoms with E-state index < -0.39 is 30.0 Å². The second-order valence-corrected chi connectivity index (χ2v) is 10.5. The average Bonchev–Trinajstić information content (AvgIpc) is 3.38. The molecule has 5 rings (SSSR count). The fraction of sp³-hybridized carbons (Fsp3) is 0.345. The van der Waals surface area contributed by atoms with Crippen LogP contribution in [0.15, 0.2) is 55.0 Å². The van der Waals surface area contributed by atoms with Gasteiger partial charge in [-0.1, -0.05) is 12.1 Å². The number of likely N-dealkylation sites (tertiary alicyclic amines) is 1. The van der Waals surface area contributed by atoms with Crippen LogP contribution in [-0.4, -0.2) is 55.7 Å².